The number of anilines is 2. The molecule has 0 aliphatic rings. The average molecular weight is 317 g/mol. The van der Waals surface area contributed by atoms with E-state index in [9.17, 15) is 0 Å². The van der Waals surface area contributed by atoms with Gasteiger partial charge in [-0.1, -0.05) is 6.92 Å². The largest absolute Gasteiger partial charge is 0.383 e. The fourth-order valence-electron chi connectivity index (χ4n) is 1.53. The predicted octanol–water partition coefficient (Wildman–Crippen LogP) is 2.53. The molecule has 1 aromatic rings. The number of nitrogens with zero attached hydrogens (tertiary/aromatic N) is 3. The fourth-order valence-corrected chi connectivity index (χ4v) is 2.16. The number of halogens is 1. The van der Waals surface area contributed by atoms with Gasteiger partial charge in [-0.2, -0.15) is 0 Å². The molecule has 1 atom stereocenters. The highest BCUT2D eigenvalue weighted by Crippen LogP contribution is 2.29. The predicted molar refractivity (Wildman–Crippen MR) is 78.3 cm³/mol. The van der Waals surface area contributed by atoms with E-state index in [2.05, 4.69) is 50.0 Å². The summed E-state index contributed by atoms with van der Waals surface area (Å²) in [5, 5.41) is 3.27. The maximum atomic E-state index is 5.17. The Hall–Kier alpha value is -0.880. The minimum atomic E-state index is 0.250. The van der Waals surface area contributed by atoms with Crippen molar-refractivity contribution in [3.05, 3.63) is 10.8 Å². The molecule has 1 heterocycles. The van der Waals surface area contributed by atoms with Gasteiger partial charge in [0.1, 0.15) is 22.4 Å². The molecule has 0 saturated carbocycles. The zero-order chi connectivity index (χ0) is 13.5. The van der Waals surface area contributed by atoms with Crippen LogP contribution < -0.4 is 10.2 Å². The standard InChI is InChI=1S/C12H21BrN4O/c1-5-6-14-11-10(13)12(16-8-15-11)17(3)9(2)7-18-4/h8-9H,5-7H2,1-4H3,(H,14,15,16). The van der Waals surface area contributed by atoms with E-state index in [1.54, 1.807) is 13.4 Å². The van der Waals surface area contributed by atoms with Crippen LogP contribution in [0.5, 0.6) is 0 Å². The Bertz CT molecular complexity index is 375. The number of likely N-dealkylation sites (N-methyl/N-ethyl adjacent to an activating group) is 1. The molecule has 102 valence electrons. The van der Waals surface area contributed by atoms with Crippen LogP contribution in [0.3, 0.4) is 0 Å². The Kier molecular flexibility index (Phi) is 6.35. The van der Waals surface area contributed by atoms with Crippen molar-refractivity contribution < 1.29 is 4.74 Å². The maximum Gasteiger partial charge on any atom is 0.148 e. The molecular formula is C12H21BrN4O. The summed E-state index contributed by atoms with van der Waals surface area (Å²) in [6.45, 7) is 5.77. The molecule has 0 spiro atoms. The van der Waals surface area contributed by atoms with Gasteiger partial charge >= 0.3 is 0 Å². The molecule has 5 nitrogen and oxygen atoms in total. The summed E-state index contributed by atoms with van der Waals surface area (Å²) in [6.07, 6.45) is 2.63. The van der Waals surface area contributed by atoms with Crippen molar-refractivity contribution in [3.8, 4) is 0 Å². The van der Waals surface area contributed by atoms with Crippen LogP contribution in [-0.4, -0.2) is 43.3 Å². The third-order valence-corrected chi connectivity index (χ3v) is 3.45. The van der Waals surface area contributed by atoms with Gasteiger partial charge in [-0.3, -0.25) is 0 Å². The number of methoxy groups -OCH3 is 1. The summed E-state index contributed by atoms with van der Waals surface area (Å²) in [7, 11) is 3.70. The van der Waals surface area contributed by atoms with Gasteiger partial charge in [0, 0.05) is 20.7 Å². The molecule has 0 aromatic carbocycles. The number of nitrogens with one attached hydrogen (secondary N) is 1. The maximum absolute atomic E-state index is 5.17. The first-order valence-electron chi connectivity index (χ1n) is 6.07. The smallest absolute Gasteiger partial charge is 0.148 e. The van der Waals surface area contributed by atoms with Crippen LogP contribution in [0.1, 0.15) is 20.3 Å². The van der Waals surface area contributed by atoms with Gasteiger partial charge in [-0.25, -0.2) is 9.97 Å². The minimum absolute atomic E-state index is 0.250. The van der Waals surface area contributed by atoms with Gasteiger partial charge in [0.05, 0.1) is 12.6 Å². The van der Waals surface area contributed by atoms with Crippen molar-refractivity contribution in [1.29, 1.82) is 0 Å². The van der Waals surface area contributed by atoms with E-state index in [0.717, 1.165) is 29.1 Å². The molecule has 0 amide bonds. The van der Waals surface area contributed by atoms with Crippen molar-refractivity contribution in [2.75, 3.05) is 37.5 Å². The lowest BCUT2D eigenvalue weighted by Gasteiger charge is -2.26. The topological polar surface area (TPSA) is 50.3 Å². The Morgan fingerprint density at radius 2 is 2.22 bits per heavy atom. The Morgan fingerprint density at radius 1 is 1.50 bits per heavy atom. The summed E-state index contributed by atoms with van der Waals surface area (Å²) in [5.41, 5.74) is 0. The lowest BCUT2D eigenvalue weighted by molar-refractivity contribution is 0.183. The van der Waals surface area contributed by atoms with E-state index in [1.807, 2.05) is 7.05 Å². The summed E-state index contributed by atoms with van der Waals surface area (Å²) >= 11 is 3.56. The van der Waals surface area contributed by atoms with E-state index >= 15 is 0 Å². The summed E-state index contributed by atoms with van der Waals surface area (Å²) in [5.74, 6) is 1.70. The van der Waals surface area contributed by atoms with Gasteiger partial charge in [0.2, 0.25) is 0 Å². The molecule has 0 radical (unpaired) electrons. The highest BCUT2D eigenvalue weighted by atomic mass is 79.9. The zero-order valence-corrected chi connectivity index (χ0v) is 13.0. The van der Waals surface area contributed by atoms with E-state index in [-0.39, 0.29) is 6.04 Å². The van der Waals surface area contributed by atoms with Crippen LogP contribution in [0.15, 0.2) is 10.8 Å². The monoisotopic (exact) mass is 316 g/mol. The highest BCUT2D eigenvalue weighted by molar-refractivity contribution is 9.10. The number of ether oxygens (including phenoxy) is 1. The molecule has 0 bridgehead atoms. The first-order valence-corrected chi connectivity index (χ1v) is 6.87. The van der Waals surface area contributed by atoms with Crippen LogP contribution in [0, 0.1) is 0 Å². The lowest BCUT2D eigenvalue weighted by Crippen LogP contribution is -2.33. The molecule has 0 fully saturated rings. The molecule has 0 aliphatic heterocycles. The number of hydrogen-bond acceptors (Lipinski definition) is 5. The second kappa shape index (κ2) is 7.53. The molecule has 1 aromatic heterocycles. The van der Waals surface area contributed by atoms with Crippen molar-refractivity contribution in [2.24, 2.45) is 0 Å². The molecule has 18 heavy (non-hydrogen) atoms. The van der Waals surface area contributed by atoms with E-state index in [1.165, 1.54) is 0 Å². The Morgan fingerprint density at radius 3 is 2.83 bits per heavy atom. The molecule has 6 heteroatoms. The number of rotatable bonds is 7. The van der Waals surface area contributed by atoms with Crippen molar-refractivity contribution in [2.45, 2.75) is 26.3 Å². The Labute approximate surface area is 117 Å². The minimum Gasteiger partial charge on any atom is -0.383 e. The summed E-state index contributed by atoms with van der Waals surface area (Å²) < 4.78 is 6.06. The van der Waals surface area contributed by atoms with E-state index in [0.29, 0.717) is 6.61 Å². The van der Waals surface area contributed by atoms with Gasteiger partial charge in [-0.15, -0.1) is 0 Å². The summed E-state index contributed by atoms with van der Waals surface area (Å²) in [6, 6.07) is 0.250. The second-order valence-electron chi connectivity index (χ2n) is 4.20. The number of aromatic nitrogens is 2. The summed E-state index contributed by atoms with van der Waals surface area (Å²) in [4.78, 5) is 10.6. The molecule has 1 rings (SSSR count). The molecular weight excluding hydrogens is 296 g/mol. The normalized spacial score (nSPS) is 12.3. The van der Waals surface area contributed by atoms with Crippen LogP contribution in [0.25, 0.3) is 0 Å². The van der Waals surface area contributed by atoms with Crippen molar-refractivity contribution in [3.63, 3.8) is 0 Å². The van der Waals surface area contributed by atoms with Crippen LogP contribution in [0.2, 0.25) is 0 Å². The third-order valence-electron chi connectivity index (χ3n) is 2.72. The van der Waals surface area contributed by atoms with E-state index in [4.69, 9.17) is 4.74 Å². The van der Waals surface area contributed by atoms with Crippen LogP contribution in [0.4, 0.5) is 11.6 Å². The molecule has 1 N–H and O–H groups in total. The third kappa shape index (κ3) is 3.81. The van der Waals surface area contributed by atoms with Gasteiger partial charge in [0.15, 0.2) is 0 Å². The average Bonchev–Trinajstić information content (AvgIpc) is 2.37. The van der Waals surface area contributed by atoms with Gasteiger partial charge in [0.25, 0.3) is 0 Å². The quantitative estimate of drug-likeness (QED) is 0.837. The van der Waals surface area contributed by atoms with Crippen molar-refractivity contribution >= 4 is 27.6 Å². The SMILES string of the molecule is CCCNc1ncnc(N(C)C(C)COC)c1Br. The van der Waals surface area contributed by atoms with Crippen LogP contribution >= 0.6 is 15.9 Å². The molecule has 1 unspecified atom stereocenters. The van der Waals surface area contributed by atoms with Gasteiger partial charge in [-0.05, 0) is 29.3 Å². The highest BCUT2D eigenvalue weighted by Gasteiger charge is 2.16. The number of hydrogen-bond donors (Lipinski definition) is 1. The molecule has 0 saturated heterocycles. The van der Waals surface area contributed by atoms with Crippen molar-refractivity contribution in [1.82, 2.24) is 9.97 Å². The first-order chi connectivity index (χ1) is 8.61. The Balaban J connectivity index is 2.88. The second-order valence-corrected chi connectivity index (χ2v) is 4.99. The zero-order valence-electron chi connectivity index (χ0n) is 11.4. The fraction of sp³-hybridized carbons (Fsp3) is 0.667. The molecule has 0 aliphatic carbocycles. The first kappa shape index (κ1) is 15.2. The van der Waals surface area contributed by atoms with Crippen LogP contribution in [-0.2, 0) is 4.74 Å². The van der Waals surface area contributed by atoms with E-state index < -0.39 is 0 Å². The lowest BCUT2D eigenvalue weighted by atomic mass is 10.3. The van der Waals surface area contributed by atoms with Gasteiger partial charge < -0.3 is 15.0 Å².